The van der Waals surface area contributed by atoms with E-state index in [4.69, 9.17) is 4.74 Å². The van der Waals surface area contributed by atoms with Gasteiger partial charge in [-0.05, 0) is 18.6 Å². The Labute approximate surface area is 105 Å². The summed E-state index contributed by atoms with van der Waals surface area (Å²) >= 11 is 0. The molecule has 2 N–H and O–H groups in total. The van der Waals surface area contributed by atoms with E-state index in [-0.39, 0.29) is 11.9 Å². The van der Waals surface area contributed by atoms with E-state index < -0.39 is 5.97 Å². The maximum atomic E-state index is 11.6. The number of amides is 1. The van der Waals surface area contributed by atoms with Crippen LogP contribution >= 0.6 is 0 Å². The number of carbonyl (C=O) groups excluding carboxylic acids is 2. The van der Waals surface area contributed by atoms with Gasteiger partial charge in [-0.1, -0.05) is 0 Å². The number of nitrogens with one attached hydrogen (secondary N) is 2. The monoisotopic (exact) mass is 249 g/mol. The second-order valence-electron chi connectivity index (χ2n) is 4.08. The Bertz CT molecular complexity index is 452. The first-order chi connectivity index (χ1) is 8.70. The molecule has 0 aliphatic carbocycles. The fourth-order valence-electron chi connectivity index (χ4n) is 1.84. The molecular weight excluding hydrogens is 234 g/mol. The van der Waals surface area contributed by atoms with Crippen LogP contribution in [0.4, 0.5) is 5.82 Å². The van der Waals surface area contributed by atoms with Gasteiger partial charge >= 0.3 is 5.97 Å². The molecule has 0 radical (unpaired) electrons. The summed E-state index contributed by atoms with van der Waals surface area (Å²) in [5, 5.41) is 5.93. The Balaban J connectivity index is 2.09. The van der Waals surface area contributed by atoms with Crippen LogP contribution in [0.2, 0.25) is 0 Å². The highest BCUT2D eigenvalue weighted by Gasteiger charge is 2.20. The molecule has 2 rings (SSSR count). The van der Waals surface area contributed by atoms with Crippen molar-refractivity contribution in [2.75, 3.05) is 19.0 Å². The third-order valence-electron chi connectivity index (χ3n) is 2.82. The smallest absolute Gasteiger partial charge is 0.341 e. The lowest BCUT2D eigenvalue weighted by Crippen LogP contribution is -2.42. The first-order valence-corrected chi connectivity index (χ1v) is 5.77. The van der Waals surface area contributed by atoms with E-state index in [2.05, 4.69) is 15.6 Å². The molecule has 1 atom stereocenters. The van der Waals surface area contributed by atoms with Crippen LogP contribution in [0.15, 0.2) is 18.3 Å². The first-order valence-electron chi connectivity index (χ1n) is 5.77. The van der Waals surface area contributed by atoms with E-state index in [0.717, 1.165) is 6.42 Å². The van der Waals surface area contributed by atoms with Crippen molar-refractivity contribution >= 4 is 17.7 Å². The van der Waals surface area contributed by atoms with Crippen LogP contribution < -0.4 is 10.6 Å². The summed E-state index contributed by atoms with van der Waals surface area (Å²) in [6, 6.07) is 3.42. The van der Waals surface area contributed by atoms with Gasteiger partial charge in [0.1, 0.15) is 11.4 Å². The Hall–Kier alpha value is -2.11. The number of rotatable bonds is 3. The van der Waals surface area contributed by atoms with E-state index in [1.807, 2.05) is 0 Å². The number of hydrogen-bond donors (Lipinski definition) is 2. The van der Waals surface area contributed by atoms with Crippen molar-refractivity contribution < 1.29 is 14.3 Å². The average Bonchev–Trinajstić information content (AvgIpc) is 2.41. The van der Waals surface area contributed by atoms with E-state index in [1.54, 1.807) is 18.3 Å². The van der Waals surface area contributed by atoms with Gasteiger partial charge in [-0.15, -0.1) is 0 Å². The van der Waals surface area contributed by atoms with E-state index in [9.17, 15) is 9.59 Å². The van der Waals surface area contributed by atoms with Crippen LogP contribution in [0, 0.1) is 0 Å². The zero-order valence-electron chi connectivity index (χ0n) is 10.1. The molecule has 2 heterocycles. The number of pyridine rings is 1. The molecule has 1 saturated heterocycles. The number of ether oxygens (including phenoxy) is 1. The molecule has 1 amide bonds. The fraction of sp³-hybridized carbons (Fsp3) is 0.417. The van der Waals surface area contributed by atoms with Crippen LogP contribution in [-0.2, 0) is 9.53 Å². The fourth-order valence-corrected chi connectivity index (χ4v) is 1.84. The van der Waals surface area contributed by atoms with Crippen molar-refractivity contribution in [3.8, 4) is 0 Å². The van der Waals surface area contributed by atoms with Gasteiger partial charge < -0.3 is 15.4 Å². The number of piperidine rings is 1. The predicted molar refractivity (Wildman–Crippen MR) is 65.2 cm³/mol. The lowest BCUT2D eigenvalue weighted by atomic mass is 10.1. The minimum Gasteiger partial charge on any atom is -0.465 e. The lowest BCUT2D eigenvalue weighted by Gasteiger charge is -2.24. The predicted octanol–water partition coefficient (Wildman–Crippen LogP) is 0.559. The minimum atomic E-state index is -0.426. The van der Waals surface area contributed by atoms with E-state index >= 15 is 0 Å². The van der Waals surface area contributed by atoms with Gasteiger partial charge in [0.15, 0.2) is 0 Å². The molecule has 1 fully saturated rings. The molecule has 1 aromatic rings. The van der Waals surface area contributed by atoms with Crippen molar-refractivity contribution in [2.24, 2.45) is 0 Å². The summed E-state index contributed by atoms with van der Waals surface area (Å²) in [5.74, 6) is 0.123. The van der Waals surface area contributed by atoms with E-state index in [1.165, 1.54) is 7.11 Å². The molecule has 0 saturated carbocycles. The summed E-state index contributed by atoms with van der Waals surface area (Å²) in [7, 11) is 1.33. The quantitative estimate of drug-likeness (QED) is 0.765. The molecule has 1 aliphatic rings. The van der Waals surface area contributed by atoms with Gasteiger partial charge in [-0.2, -0.15) is 0 Å². The number of esters is 1. The van der Waals surface area contributed by atoms with Crippen molar-refractivity contribution in [3.05, 3.63) is 23.9 Å². The number of hydrogen-bond acceptors (Lipinski definition) is 5. The van der Waals surface area contributed by atoms with Gasteiger partial charge in [-0.3, -0.25) is 4.79 Å². The van der Waals surface area contributed by atoms with Crippen LogP contribution in [0.25, 0.3) is 0 Å². The number of methoxy groups -OCH3 is 1. The standard InChI is InChI=1S/C12H15N3O3/c1-18-12(17)9-3-2-6-13-11(9)15-8-4-5-10(16)14-7-8/h2-3,6,8H,4-5,7H2,1H3,(H,13,15)(H,14,16). The highest BCUT2D eigenvalue weighted by atomic mass is 16.5. The summed E-state index contributed by atoms with van der Waals surface area (Å²) in [6.45, 7) is 0.538. The molecule has 1 unspecified atom stereocenters. The Morgan fingerprint density at radius 2 is 2.44 bits per heavy atom. The Kier molecular flexibility index (Phi) is 3.76. The van der Waals surface area contributed by atoms with Gasteiger partial charge in [0.05, 0.1) is 7.11 Å². The van der Waals surface area contributed by atoms with Gasteiger partial charge in [0.25, 0.3) is 0 Å². The van der Waals surface area contributed by atoms with Crippen LogP contribution in [0.1, 0.15) is 23.2 Å². The second kappa shape index (κ2) is 5.48. The second-order valence-corrected chi connectivity index (χ2v) is 4.08. The Morgan fingerprint density at radius 3 is 3.11 bits per heavy atom. The molecule has 6 heteroatoms. The topological polar surface area (TPSA) is 80.3 Å². The normalized spacial score (nSPS) is 18.9. The summed E-state index contributed by atoms with van der Waals surface area (Å²) in [4.78, 5) is 26.7. The van der Waals surface area contributed by atoms with Gasteiger partial charge in [0, 0.05) is 25.2 Å². The summed E-state index contributed by atoms with van der Waals surface area (Å²) < 4.78 is 4.69. The van der Waals surface area contributed by atoms with Crippen molar-refractivity contribution in [3.63, 3.8) is 0 Å². The zero-order valence-corrected chi connectivity index (χ0v) is 10.1. The first kappa shape index (κ1) is 12.3. The number of aromatic nitrogens is 1. The van der Waals surface area contributed by atoms with Gasteiger partial charge in [-0.25, -0.2) is 9.78 Å². The van der Waals surface area contributed by atoms with Gasteiger partial charge in [0.2, 0.25) is 5.91 Å². The molecule has 18 heavy (non-hydrogen) atoms. The molecule has 6 nitrogen and oxygen atoms in total. The summed E-state index contributed by atoms with van der Waals surface area (Å²) in [5.41, 5.74) is 0.400. The third-order valence-corrected chi connectivity index (χ3v) is 2.82. The highest BCUT2D eigenvalue weighted by molar-refractivity contribution is 5.94. The lowest BCUT2D eigenvalue weighted by molar-refractivity contribution is -0.122. The average molecular weight is 249 g/mol. The zero-order chi connectivity index (χ0) is 13.0. The van der Waals surface area contributed by atoms with Crippen LogP contribution in [-0.4, -0.2) is 36.6 Å². The van der Waals surface area contributed by atoms with Crippen molar-refractivity contribution in [1.82, 2.24) is 10.3 Å². The number of anilines is 1. The Morgan fingerprint density at radius 1 is 1.61 bits per heavy atom. The SMILES string of the molecule is COC(=O)c1cccnc1NC1CCC(=O)NC1. The molecule has 0 bridgehead atoms. The number of carbonyl (C=O) groups is 2. The maximum Gasteiger partial charge on any atom is 0.341 e. The maximum absolute atomic E-state index is 11.6. The van der Waals surface area contributed by atoms with E-state index in [0.29, 0.717) is 24.3 Å². The molecular formula is C12H15N3O3. The van der Waals surface area contributed by atoms with Crippen LogP contribution in [0.5, 0.6) is 0 Å². The molecule has 0 spiro atoms. The number of nitrogens with zero attached hydrogens (tertiary/aromatic N) is 1. The molecule has 96 valence electrons. The van der Waals surface area contributed by atoms with Crippen molar-refractivity contribution in [2.45, 2.75) is 18.9 Å². The molecule has 1 aromatic heterocycles. The molecule has 1 aliphatic heterocycles. The summed E-state index contributed by atoms with van der Waals surface area (Å²) in [6.07, 6.45) is 2.82. The van der Waals surface area contributed by atoms with Crippen molar-refractivity contribution in [1.29, 1.82) is 0 Å². The largest absolute Gasteiger partial charge is 0.465 e. The minimum absolute atomic E-state index is 0.0577. The highest BCUT2D eigenvalue weighted by Crippen LogP contribution is 2.16. The molecule has 0 aromatic carbocycles. The van der Waals surface area contributed by atoms with Crippen LogP contribution in [0.3, 0.4) is 0 Å². The third kappa shape index (κ3) is 2.77.